The Balaban J connectivity index is 2.04. The molecule has 1 aromatic carbocycles. The zero-order valence-electron chi connectivity index (χ0n) is 10.8. The van der Waals surface area contributed by atoms with Crippen molar-refractivity contribution in [2.75, 3.05) is 5.73 Å². The lowest BCUT2D eigenvalue weighted by Gasteiger charge is -2.41. The first-order chi connectivity index (χ1) is 8.60. The molecule has 1 saturated carbocycles. The van der Waals surface area contributed by atoms with Gasteiger partial charge in [-0.2, -0.15) is 0 Å². The van der Waals surface area contributed by atoms with E-state index < -0.39 is 0 Å². The van der Waals surface area contributed by atoms with E-state index in [1.54, 1.807) is 0 Å². The number of Topliss-reactive ketones (excluding diaryl/α,β-unsaturated/α-hetero) is 1. The molecule has 0 aromatic heterocycles. The van der Waals surface area contributed by atoms with Crippen LogP contribution in [0.5, 0.6) is 5.75 Å². The smallest absolute Gasteiger partial charge is 0.170 e. The predicted octanol–water partition coefficient (Wildman–Crippen LogP) is 3.25. The summed E-state index contributed by atoms with van der Waals surface area (Å²) in [5.74, 6) is 0.812. The minimum absolute atomic E-state index is 0.188. The first kappa shape index (κ1) is 11.6. The van der Waals surface area contributed by atoms with Gasteiger partial charge < -0.3 is 10.5 Å². The van der Waals surface area contributed by atoms with Gasteiger partial charge >= 0.3 is 0 Å². The fourth-order valence-corrected chi connectivity index (χ4v) is 3.24. The normalized spacial score (nSPS) is 21.5. The molecule has 0 unspecified atom stereocenters. The second-order valence-corrected chi connectivity index (χ2v) is 5.68. The quantitative estimate of drug-likeness (QED) is 0.714. The average molecular weight is 245 g/mol. The molecule has 18 heavy (non-hydrogen) atoms. The molecule has 96 valence electrons. The molecule has 3 rings (SSSR count). The van der Waals surface area contributed by atoms with Gasteiger partial charge in [-0.3, -0.25) is 4.79 Å². The summed E-state index contributed by atoms with van der Waals surface area (Å²) < 4.78 is 6.17. The van der Waals surface area contributed by atoms with Crippen molar-refractivity contribution in [2.24, 2.45) is 0 Å². The maximum absolute atomic E-state index is 12.3. The first-order valence-corrected chi connectivity index (χ1v) is 6.72. The summed E-state index contributed by atoms with van der Waals surface area (Å²) in [6, 6.07) is 3.78. The molecule has 2 N–H and O–H groups in total. The second kappa shape index (κ2) is 4.01. The number of rotatable bonds is 0. The van der Waals surface area contributed by atoms with E-state index in [0.717, 1.165) is 31.2 Å². The number of hydrogen-bond acceptors (Lipinski definition) is 3. The monoisotopic (exact) mass is 245 g/mol. The van der Waals surface area contributed by atoms with Crippen LogP contribution in [0.2, 0.25) is 0 Å². The van der Waals surface area contributed by atoms with Crippen LogP contribution in [0.15, 0.2) is 12.1 Å². The van der Waals surface area contributed by atoms with Crippen molar-refractivity contribution in [3.8, 4) is 5.75 Å². The van der Waals surface area contributed by atoms with E-state index in [9.17, 15) is 4.79 Å². The van der Waals surface area contributed by atoms with Crippen LogP contribution in [0.25, 0.3) is 0 Å². The number of nitrogens with two attached hydrogens (primary N) is 1. The van der Waals surface area contributed by atoms with Crippen molar-refractivity contribution in [1.29, 1.82) is 0 Å². The third kappa shape index (κ3) is 1.78. The molecule has 1 fully saturated rings. The molecule has 1 aromatic rings. The molecule has 1 aliphatic carbocycles. The molecular weight excluding hydrogens is 226 g/mol. The summed E-state index contributed by atoms with van der Waals surface area (Å²) in [5.41, 5.74) is 8.03. The Morgan fingerprint density at radius 3 is 2.67 bits per heavy atom. The van der Waals surface area contributed by atoms with Crippen LogP contribution in [0.4, 0.5) is 5.69 Å². The summed E-state index contributed by atoms with van der Waals surface area (Å²) in [6.45, 7) is 1.95. The van der Waals surface area contributed by atoms with Crippen LogP contribution in [0.3, 0.4) is 0 Å². The van der Waals surface area contributed by atoms with Crippen molar-refractivity contribution >= 4 is 11.5 Å². The predicted molar refractivity (Wildman–Crippen MR) is 71.0 cm³/mol. The lowest BCUT2D eigenvalue weighted by Crippen LogP contribution is -2.43. The largest absolute Gasteiger partial charge is 0.484 e. The average Bonchev–Trinajstić information content (AvgIpc) is 2.32. The Labute approximate surface area is 107 Å². The summed E-state index contributed by atoms with van der Waals surface area (Å²) in [6.07, 6.45) is 6.01. The van der Waals surface area contributed by atoms with Gasteiger partial charge in [-0.1, -0.05) is 6.42 Å². The highest BCUT2D eigenvalue weighted by molar-refractivity contribution is 6.02. The van der Waals surface area contributed by atoms with E-state index in [-0.39, 0.29) is 11.4 Å². The highest BCUT2D eigenvalue weighted by atomic mass is 16.5. The third-order valence-corrected chi connectivity index (χ3v) is 4.13. The summed E-state index contributed by atoms with van der Waals surface area (Å²) in [4.78, 5) is 12.3. The fourth-order valence-electron chi connectivity index (χ4n) is 3.24. The molecular formula is C15H19NO2. The Hall–Kier alpha value is -1.51. The van der Waals surface area contributed by atoms with Gasteiger partial charge in [-0.05, 0) is 50.3 Å². The molecule has 0 amide bonds. The van der Waals surface area contributed by atoms with Crippen LogP contribution in [-0.4, -0.2) is 11.4 Å². The Morgan fingerprint density at radius 1 is 1.22 bits per heavy atom. The molecule has 0 radical (unpaired) electrons. The molecule has 0 saturated heterocycles. The van der Waals surface area contributed by atoms with Crippen molar-refractivity contribution < 1.29 is 9.53 Å². The SMILES string of the molecule is Cc1cc(N)c2c(c1)C(=O)CC1(CCCCC1)O2. The highest BCUT2D eigenvalue weighted by Gasteiger charge is 2.41. The summed E-state index contributed by atoms with van der Waals surface area (Å²) >= 11 is 0. The molecule has 2 aliphatic rings. The van der Waals surface area contributed by atoms with Crippen molar-refractivity contribution in [3.63, 3.8) is 0 Å². The lowest BCUT2D eigenvalue weighted by atomic mass is 9.78. The van der Waals surface area contributed by atoms with Gasteiger partial charge in [-0.15, -0.1) is 0 Å². The number of aryl methyl sites for hydroxylation is 1. The van der Waals surface area contributed by atoms with Crippen molar-refractivity contribution in [2.45, 2.75) is 51.0 Å². The van der Waals surface area contributed by atoms with Gasteiger partial charge in [0.05, 0.1) is 17.7 Å². The molecule has 1 aliphatic heterocycles. The number of nitrogen functional groups attached to an aromatic ring is 1. The minimum atomic E-state index is -0.272. The maximum atomic E-state index is 12.3. The van der Waals surface area contributed by atoms with Gasteiger partial charge in [0.25, 0.3) is 0 Å². The third-order valence-electron chi connectivity index (χ3n) is 4.13. The van der Waals surface area contributed by atoms with Crippen LogP contribution >= 0.6 is 0 Å². The molecule has 0 atom stereocenters. The summed E-state index contributed by atoms with van der Waals surface area (Å²) in [5, 5.41) is 0. The highest BCUT2D eigenvalue weighted by Crippen LogP contribution is 2.44. The number of ketones is 1. The van der Waals surface area contributed by atoms with E-state index in [0.29, 0.717) is 23.4 Å². The van der Waals surface area contributed by atoms with E-state index in [4.69, 9.17) is 10.5 Å². The van der Waals surface area contributed by atoms with Crippen molar-refractivity contribution in [1.82, 2.24) is 0 Å². The van der Waals surface area contributed by atoms with Gasteiger partial charge in [0.1, 0.15) is 5.60 Å². The zero-order valence-corrected chi connectivity index (χ0v) is 10.8. The fraction of sp³-hybridized carbons (Fsp3) is 0.533. The number of fused-ring (bicyclic) bond motifs is 1. The van der Waals surface area contributed by atoms with Crippen molar-refractivity contribution in [3.05, 3.63) is 23.3 Å². The number of carbonyl (C=O) groups is 1. The number of hydrogen-bond donors (Lipinski definition) is 1. The van der Waals surface area contributed by atoms with E-state index in [1.165, 1.54) is 6.42 Å². The Morgan fingerprint density at radius 2 is 1.94 bits per heavy atom. The zero-order chi connectivity index (χ0) is 12.8. The molecule has 1 heterocycles. The van der Waals surface area contributed by atoms with Crippen LogP contribution < -0.4 is 10.5 Å². The van der Waals surface area contributed by atoms with Gasteiger partial charge in [0, 0.05) is 0 Å². The number of benzene rings is 1. The lowest BCUT2D eigenvalue weighted by molar-refractivity contribution is 0.0142. The molecule has 0 bridgehead atoms. The Kier molecular flexibility index (Phi) is 2.58. The van der Waals surface area contributed by atoms with Crippen LogP contribution in [0.1, 0.15) is 54.4 Å². The number of carbonyl (C=O) groups excluding carboxylic acids is 1. The topological polar surface area (TPSA) is 52.3 Å². The van der Waals surface area contributed by atoms with Crippen LogP contribution in [-0.2, 0) is 0 Å². The maximum Gasteiger partial charge on any atom is 0.170 e. The van der Waals surface area contributed by atoms with E-state index in [2.05, 4.69) is 0 Å². The van der Waals surface area contributed by atoms with Gasteiger partial charge in [0.15, 0.2) is 11.5 Å². The Bertz CT molecular complexity index is 501. The summed E-state index contributed by atoms with van der Waals surface area (Å²) in [7, 11) is 0. The number of ether oxygens (including phenoxy) is 1. The second-order valence-electron chi connectivity index (χ2n) is 5.68. The van der Waals surface area contributed by atoms with E-state index >= 15 is 0 Å². The standard InChI is InChI=1S/C15H19NO2/c1-10-7-11-13(17)9-15(5-3-2-4-6-15)18-14(11)12(16)8-10/h7-8H,2-6,9,16H2,1H3. The van der Waals surface area contributed by atoms with Crippen LogP contribution in [0, 0.1) is 6.92 Å². The molecule has 1 spiro atoms. The number of anilines is 1. The molecule has 3 nitrogen and oxygen atoms in total. The van der Waals surface area contributed by atoms with E-state index in [1.807, 2.05) is 19.1 Å². The molecule has 3 heteroatoms. The van der Waals surface area contributed by atoms with Gasteiger partial charge in [0.2, 0.25) is 0 Å². The minimum Gasteiger partial charge on any atom is -0.484 e. The van der Waals surface area contributed by atoms with Gasteiger partial charge in [-0.25, -0.2) is 0 Å². The first-order valence-electron chi connectivity index (χ1n) is 6.72.